The third kappa shape index (κ3) is 52.2. The number of unbranched alkanes of at least 4 members (excludes halogenated alkanes) is 32. The maximum absolute atomic E-state index is 12.8. The van der Waals surface area contributed by atoms with Crippen LogP contribution in [0.15, 0.2) is 48.6 Å². The minimum Gasteiger partial charge on any atom is -0.462 e. The molecule has 1 unspecified atom stereocenters. The molecule has 0 saturated carbocycles. The third-order valence-electron chi connectivity index (χ3n) is 12.3. The van der Waals surface area contributed by atoms with Crippen LogP contribution in [0.4, 0.5) is 0 Å². The number of hydrogen-bond acceptors (Lipinski definition) is 6. The molecule has 0 fully saturated rings. The van der Waals surface area contributed by atoms with Gasteiger partial charge in [-0.3, -0.25) is 14.4 Å². The molecule has 0 aromatic heterocycles. The fourth-order valence-electron chi connectivity index (χ4n) is 8.10. The number of carbonyl (C=O) groups is 3. The lowest BCUT2D eigenvalue weighted by molar-refractivity contribution is -0.167. The summed E-state index contributed by atoms with van der Waals surface area (Å²) in [6.07, 6.45) is 65.3. The van der Waals surface area contributed by atoms with Gasteiger partial charge >= 0.3 is 17.9 Å². The van der Waals surface area contributed by atoms with Crippen LogP contribution in [0.2, 0.25) is 0 Å². The molecule has 0 bridgehead atoms. The van der Waals surface area contributed by atoms with Crippen molar-refractivity contribution in [3.05, 3.63) is 48.6 Å². The van der Waals surface area contributed by atoms with E-state index in [2.05, 4.69) is 69.4 Å². The van der Waals surface area contributed by atoms with E-state index in [0.717, 1.165) is 83.5 Å². The molecule has 6 heteroatoms. The van der Waals surface area contributed by atoms with Crippen molar-refractivity contribution in [1.29, 1.82) is 0 Å². The molecule has 0 aliphatic rings. The van der Waals surface area contributed by atoms with Crippen molar-refractivity contribution in [2.75, 3.05) is 13.2 Å². The van der Waals surface area contributed by atoms with E-state index in [0.29, 0.717) is 19.3 Å². The first-order valence-corrected chi connectivity index (χ1v) is 28.1. The SMILES string of the molecule is CC/C=C\C/C=C\C/C=C\CCCCCCCCCCCC(=O)OCC(COC(=O)CCCCCCCCCCCC)OC(=O)CCCCCCC/C=C\CCCCCCCCCCC. The highest BCUT2D eigenvalue weighted by Gasteiger charge is 2.19. The van der Waals surface area contributed by atoms with Crippen LogP contribution in [0.1, 0.15) is 290 Å². The van der Waals surface area contributed by atoms with E-state index in [1.807, 2.05) is 0 Å². The van der Waals surface area contributed by atoms with Crippen molar-refractivity contribution in [2.24, 2.45) is 0 Å². The summed E-state index contributed by atoms with van der Waals surface area (Å²) in [5, 5.41) is 0. The molecule has 65 heavy (non-hydrogen) atoms. The Kier molecular flexibility index (Phi) is 51.8. The lowest BCUT2D eigenvalue weighted by Crippen LogP contribution is -2.30. The molecule has 0 heterocycles. The topological polar surface area (TPSA) is 78.9 Å². The van der Waals surface area contributed by atoms with Gasteiger partial charge in [-0.1, -0.05) is 243 Å². The molecular formula is C59H106O6. The Labute approximate surface area is 403 Å². The molecule has 0 N–H and O–H groups in total. The second kappa shape index (κ2) is 54.0. The van der Waals surface area contributed by atoms with Gasteiger partial charge in [0, 0.05) is 19.3 Å². The zero-order chi connectivity index (χ0) is 47.2. The van der Waals surface area contributed by atoms with Crippen molar-refractivity contribution < 1.29 is 28.6 Å². The van der Waals surface area contributed by atoms with E-state index >= 15 is 0 Å². The summed E-state index contributed by atoms with van der Waals surface area (Å²) < 4.78 is 16.8. The molecule has 0 aliphatic carbocycles. The van der Waals surface area contributed by atoms with E-state index in [1.54, 1.807) is 0 Å². The summed E-state index contributed by atoms with van der Waals surface area (Å²) in [5.41, 5.74) is 0. The predicted molar refractivity (Wildman–Crippen MR) is 279 cm³/mol. The van der Waals surface area contributed by atoms with Gasteiger partial charge < -0.3 is 14.2 Å². The molecule has 0 aromatic rings. The van der Waals surface area contributed by atoms with Crippen LogP contribution in [0.25, 0.3) is 0 Å². The van der Waals surface area contributed by atoms with Gasteiger partial charge in [-0.25, -0.2) is 0 Å². The molecular weight excluding hydrogens is 805 g/mol. The Hall–Kier alpha value is -2.63. The van der Waals surface area contributed by atoms with Gasteiger partial charge in [0.2, 0.25) is 0 Å². The summed E-state index contributed by atoms with van der Waals surface area (Å²) >= 11 is 0. The number of allylic oxidation sites excluding steroid dienone is 8. The third-order valence-corrected chi connectivity index (χ3v) is 12.3. The average molecular weight is 911 g/mol. The lowest BCUT2D eigenvalue weighted by atomic mass is 10.1. The van der Waals surface area contributed by atoms with Crippen LogP contribution in [-0.2, 0) is 28.6 Å². The molecule has 0 spiro atoms. The normalized spacial score (nSPS) is 12.4. The predicted octanol–water partition coefficient (Wildman–Crippen LogP) is 18.7. The van der Waals surface area contributed by atoms with Crippen molar-refractivity contribution in [2.45, 2.75) is 297 Å². The fraction of sp³-hybridized carbons (Fsp3) is 0.814. The number of carbonyl (C=O) groups excluding carboxylic acids is 3. The van der Waals surface area contributed by atoms with Crippen molar-refractivity contribution in [1.82, 2.24) is 0 Å². The molecule has 0 radical (unpaired) electrons. The van der Waals surface area contributed by atoms with Crippen LogP contribution < -0.4 is 0 Å². The van der Waals surface area contributed by atoms with Crippen LogP contribution in [0.3, 0.4) is 0 Å². The maximum atomic E-state index is 12.8. The van der Waals surface area contributed by atoms with E-state index < -0.39 is 6.10 Å². The Morgan fingerprint density at radius 1 is 0.323 bits per heavy atom. The van der Waals surface area contributed by atoms with Gasteiger partial charge in [0.05, 0.1) is 0 Å². The second-order valence-corrected chi connectivity index (χ2v) is 18.8. The van der Waals surface area contributed by atoms with Crippen LogP contribution in [0, 0.1) is 0 Å². The average Bonchev–Trinajstić information content (AvgIpc) is 3.30. The van der Waals surface area contributed by atoms with Gasteiger partial charge in [0.1, 0.15) is 13.2 Å². The van der Waals surface area contributed by atoms with Gasteiger partial charge in [0.15, 0.2) is 6.10 Å². The quantitative estimate of drug-likeness (QED) is 0.0262. The fourth-order valence-corrected chi connectivity index (χ4v) is 8.10. The maximum Gasteiger partial charge on any atom is 0.306 e. The first-order valence-electron chi connectivity index (χ1n) is 28.1. The Morgan fingerprint density at radius 2 is 0.600 bits per heavy atom. The largest absolute Gasteiger partial charge is 0.462 e. The first-order chi connectivity index (χ1) is 32.0. The highest BCUT2D eigenvalue weighted by Crippen LogP contribution is 2.16. The molecule has 6 nitrogen and oxygen atoms in total. The van der Waals surface area contributed by atoms with Crippen LogP contribution in [-0.4, -0.2) is 37.2 Å². The number of esters is 3. The molecule has 378 valence electrons. The Morgan fingerprint density at radius 3 is 0.954 bits per heavy atom. The Balaban J connectivity index is 4.31. The van der Waals surface area contributed by atoms with E-state index in [1.165, 1.54) is 167 Å². The number of ether oxygens (including phenoxy) is 3. The zero-order valence-electron chi connectivity index (χ0n) is 43.3. The highest BCUT2D eigenvalue weighted by molar-refractivity contribution is 5.71. The number of rotatable bonds is 51. The lowest BCUT2D eigenvalue weighted by Gasteiger charge is -2.18. The summed E-state index contributed by atoms with van der Waals surface area (Å²) in [6.45, 7) is 6.53. The molecule has 1 atom stereocenters. The summed E-state index contributed by atoms with van der Waals surface area (Å²) in [6, 6.07) is 0. The smallest absolute Gasteiger partial charge is 0.306 e. The Bertz CT molecular complexity index is 1140. The molecule has 0 rings (SSSR count). The summed E-state index contributed by atoms with van der Waals surface area (Å²) in [4.78, 5) is 38.0. The standard InChI is InChI=1S/C59H106O6/c1-4-7-10-13-16-19-22-24-26-28-30-32-33-35-37-40-43-46-49-52-58(61)64-55-56(54-63-57(60)51-48-45-42-39-21-18-15-12-9-6-3)65-59(62)53-50-47-44-41-38-36-34-31-29-27-25-23-20-17-14-11-8-5-2/h7,10,16,19,24,26,31,34,56H,4-6,8-9,11-15,17-18,20-23,25,27-30,32-33,35-55H2,1-3H3/b10-7-,19-16-,26-24-,34-31-. The highest BCUT2D eigenvalue weighted by atomic mass is 16.6. The molecule has 0 saturated heterocycles. The number of hydrogen-bond donors (Lipinski definition) is 0. The van der Waals surface area contributed by atoms with Gasteiger partial charge in [0.25, 0.3) is 0 Å². The minimum atomic E-state index is -0.776. The van der Waals surface area contributed by atoms with Gasteiger partial charge in [-0.05, 0) is 77.0 Å². The van der Waals surface area contributed by atoms with E-state index in [4.69, 9.17) is 14.2 Å². The molecule has 0 amide bonds. The van der Waals surface area contributed by atoms with Crippen LogP contribution >= 0.6 is 0 Å². The van der Waals surface area contributed by atoms with Crippen molar-refractivity contribution in [3.8, 4) is 0 Å². The van der Waals surface area contributed by atoms with Crippen molar-refractivity contribution in [3.63, 3.8) is 0 Å². The van der Waals surface area contributed by atoms with E-state index in [-0.39, 0.29) is 31.1 Å². The zero-order valence-corrected chi connectivity index (χ0v) is 43.3. The monoisotopic (exact) mass is 911 g/mol. The van der Waals surface area contributed by atoms with Gasteiger partial charge in [-0.2, -0.15) is 0 Å². The van der Waals surface area contributed by atoms with Crippen LogP contribution in [0.5, 0.6) is 0 Å². The summed E-state index contributed by atoms with van der Waals surface area (Å²) in [7, 11) is 0. The molecule has 0 aliphatic heterocycles. The van der Waals surface area contributed by atoms with Crippen molar-refractivity contribution >= 4 is 17.9 Å². The first kappa shape index (κ1) is 62.4. The molecule has 0 aromatic carbocycles. The summed E-state index contributed by atoms with van der Waals surface area (Å²) in [5.74, 6) is -0.879. The minimum absolute atomic E-state index is 0.0754. The second-order valence-electron chi connectivity index (χ2n) is 18.8. The van der Waals surface area contributed by atoms with Gasteiger partial charge in [-0.15, -0.1) is 0 Å². The van der Waals surface area contributed by atoms with E-state index in [9.17, 15) is 14.4 Å².